The van der Waals surface area contributed by atoms with Crippen molar-refractivity contribution in [2.45, 2.75) is 19.0 Å². The van der Waals surface area contributed by atoms with Gasteiger partial charge in [-0.15, -0.1) is 11.3 Å². The molecule has 1 aliphatic heterocycles. The SMILES string of the molecule is CN(Cc1ccsc1C(=O)O)C1CCSC1. The molecule has 0 radical (unpaired) electrons. The van der Waals surface area contributed by atoms with Gasteiger partial charge in [-0.3, -0.25) is 4.90 Å². The Morgan fingerprint density at radius 3 is 3.12 bits per heavy atom. The second kappa shape index (κ2) is 5.21. The fourth-order valence-electron chi connectivity index (χ4n) is 1.92. The lowest BCUT2D eigenvalue weighted by molar-refractivity contribution is 0.0700. The lowest BCUT2D eigenvalue weighted by Gasteiger charge is -2.23. The van der Waals surface area contributed by atoms with E-state index >= 15 is 0 Å². The third-order valence-corrected chi connectivity index (χ3v) is 4.98. The molecule has 1 fully saturated rings. The Balaban J connectivity index is 2.02. The van der Waals surface area contributed by atoms with E-state index in [1.165, 1.54) is 29.3 Å². The Hall–Kier alpha value is -0.520. The molecule has 1 aromatic heterocycles. The minimum absolute atomic E-state index is 0.484. The van der Waals surface area contributed by atoms with Gasteiger partial charge in [-0.25, -0.2) is 4.79 Å². The maximum absolute atomic E-state index is 11.0. The van der Waals surface area contributed by atoms with Crippen LogP contribution in [-0.4, -0.2) is 40.6 Å². The summed E-state index contributed by atoms with van der Waals surface area (Å²) in [5, 5.41) is 10.9. The first-order valence-corrected chi connectivity index (χ1v) is 7.29. The van der Waals surface area contributed by atoms with Gasteiger partial charge in [0.1, 0.15) is 4.88 Å². The van der Waals surface area contributed by atoms with Crippen LogP contribution < -0.4 is 0 Å². The van der Waals surface area contributed by atoms with Crippen molar-refractivity contribution in [3.8, 4) is 0 Å². The summed E-state index contributed by atoms with van der Waals surface area (Å²) < 4.78 is 0. The molecule has 2 rings (SSSR count). The smallest absolute Gasteiger partial charge is 0.346 e. The quantitative estimate of drug-likeness (QED) is 0.899. The molecule has 0 bridgehead atoms. The van der Waals surface area contributed by atoms with Crippen molar-refractivity contribution in [1.29, 1.82) is 0 Å². The number of aromatic carboxylic acids is 1. The van der Waals surface area contributed by atoms with Crippen molar-refractivity contribution in [3.63, 3.8) is 0 Å². The van der Waals surface area contributed by atoms with Gasteiger partial charge >= 0.3 is 5.97 Å². The largest absolute Gasteiger partial charge is 0.477 e. The van der Waals surface area contributed by atoms with Crippen LogP contribution in [0.15, 0.2) is 11.4 Å². The average Bonchev–Trinajstić information content (AvgIpc) is 2.86. The molecule has 2 heterocycles. The molecule has 0 aliphatic carbocycles. The average molecular weight is 257 g/mol. The number of nitrogens with zero attached hydrogens (tertiary/aromatic N) is 1. The third kappa shape index (κ3) is 2.59. The number of carboxylic acid groups (broad SMARTS) is 1. The van der Waals surface area contributed by atoms with Crippen LogP contribution >= 0.6 is 23.1 Å². The Morgan fingerprint density at radius 2 is 2.50 bits per heavy atom. The highest BCUT2D eigenvalue weighted by atomic mass is 32.2. The molecule has 1 saturated heterocycles. The standard InChI is InChI=1S/C11H15NO2S2/c1-12(9-3-4-15-7-9)6-8-2-5-16-10(8)11(13)14/h2,5,9H,3-4,6-7H2,1H3,(H,13,14). The molecule has 88 valence electrons. The lowest BCUT2D eigenvalue weighted by Crippen LogP contribution is -2.31. The summed E-state index contributed by atoms with van der Waals surface area (Å²) in [6.07, 6.45) is 1.22. The van der Waals surface area contributed by atoms with Gasteiger partial charge in [-0.1, -0.05) is 0 Å². The number of hydrogen-bond acceptors (Lipinski definition) is 4. The summed E-state index contributed by atoms with van der Waals surface area (Å²) in [7, 11) is 2.08. The summed E-state index contributed by atoms with van der Waals surface area (Å²) in [6, 6.07) is 2.53. The first-order valence-electron chi connectivity index (χ1n) is 5.26. The van der Waals surface area contributed by atoms with Crippen molar-refractivity contribution in [1.82, 2.24) is 4.90 Å². The highest BCUT2D eigenvalue weighted by Gasteiger charge is 2.21. The third-order valence-electron chi connectivity index (χ3n) is 2.89. The molecule has 3 nitrogen and oxygen atoms in total. The topological polar surface area (TPSA) is 40.5 Å². The van der Waals surface area contributed by atoms with Gasteiger partial charge in [-0.05, 0) is 36.2 Å². The van der Waals surface area contributed by atoms with E-state index < -0.39 is 5.97 Å². The summed E-state index contributed by atoms with van der Waals surface area (Å²) in [5.41, 5.74) is 0.942. The normalized spacial score (nSPS) is 20.5. The highest BCUT2D eigenvalue weighted by Crippen LogP contribution is 2.24. The van der Waals surface area contributed by atoms with Gasteiger partial charge < -0.3 is 5.11 Å². The van der Waals surface area contributed by atoms with Gasteiger partial charge in [0.25, 0.3) is 0 Å². The van der Waals surface area contributed by atoms with E-state index in [-0.39, 0.29) is 0 Å². The predicted molar refractivity (Wildman–Crippen MR) is 68.5 cm³/mol. The second-order valence-corrected chi connectivity index (χ2v) is 6.08. The van der Waals surface area contributed by atoms with E-state index in [1.807, 2.05) is 23.2 Å². The number of carboxylic acids is 1. The van der Waals surface area contributed by atoms with Gasteiger partial charge in [0.15, 0.2) is 0 Å². The van der Waals surface area contributed by atoms with Crippen molar-refractivity contribution in [2.24, 2.45) is 0 Å². The van der Waals surface area contributed by atoms with E-state index in [4.69, 9.17) is 5.11 Å². The van der Waals surface area contributed by atoms with Crippen LogP contribution in [0.3, 0.4) is 0 Å². The predicted octanol–water partition coefficient (Wildman–Crippen LogP) is 2.38. The first kappa shape index (κ1) is 12.0. The Kier molecular flexibility index (Phi) is 3.89. The molecule has 0 saturated carbocycles. The molecular formula is C11H15NO2S2. The summed E-state index contributed by atoms with van der Waals surface area (Å²) >= 11 is 3.29. The zero-order valence-electron chi connectivity index (χ0n) is 9.18. The van der Waals surface area contributed by atoms with E-state index in [0.29, 0.717) is 10.9 Å². The molecule has 1 aromatic rings. The first-order chi connectivity index (χ1) is 7.68. The van der Waals surface area contributed by atoms with Crippen LogP contribution in [0.1, 0.15) is 21.7 Å². The maximum atomic E-state index is 11.0. The maximum Gasteiger partial charge on any atom is 0.346 e. The molecular weight excluding hydrogens is 242 g/mol. The Bertz CT molecular complexity index is 372. The van der Waals surface area contributed by atoms with E-state index in [9.17, 15) is 4.79 Å². The number of thioether (sulfide) groups is 1. The lowest BCUT2D eigenvalue weighted by atomic mass is 10.2. The molecule has 1 aliphatic rings. The van der Waals surface area contributed by atoms with Crippen LogP contribution in [0.5, 0.6) is 0 Å². The van der Waals surface area contributed by atoms with Gasteiger partial charge in [-0.2, -0.15) is 11.8 Å². The number of hydrogen-bond donors (Lipinski definition) is 1. The fraction of sp³-hybridized carbons (Fsp3) is 0.545. The van der Waals surface area contributed by atoms with Crippen LogP contribution in [0.4, 0.5) is 0 Å². The number of carbonyl (C=O) groups is 1. The molecule has 0 spiro atoms. The number of thiophene rings is 1. The molecule has 0 aromatic carbocycles. The van der Waals surface area contributed by atoms with E-state index in [1.54, 1.807) is 0 Å². The molecule has 5 heteroatoms. The fourth-order valence-corrected chi connectivity index (χ4v) is 3.97. The van der Waals surface area contributed by atoms with Gasteiger partial charge in [0.2, 0.25) is 0 Å². The van der Waals surface area contributed by atoms with Crippen molar-refractivity contribution < 1.29 is 9.90 Å². The molecule has 1 unspecified atom stereocenters. The summed E-state index contributed by atoms with van der Waals surface area (Å²) in [4.78, 5) is 13.7. The Labute approximate surface area is 103 Å². The van der Waals surface area contributed by atoms with E-state index in [2.05, 4.69) is 11.9 Å². The van der Waals surface area contributed by atoms with Gasteiger partial charge in [0, 0.05) is 18.3 Å². The van der Waals surface area contributed by atoms with Crippen LogP contribution in [0.25, 0.3) is 0 Å². The second-order valence-electron chi connectivity index (χ2n) is 4.01. The van der Waals surface area contributed by atoms with Gasteiger partial charge in [0.05, 0.1) is 0 Å². The minimum atomic E-state index is -0.806. The summed E-state index contributed by atoms with van der Waals surface area (Å²) in [5.74, 6) is 1.59. The van der Waals surface area contributed by atoms with Crippen molar-refractivity contribution in [3.05, 3.63) is 21.9 Å². The highest BCUT2D eigenvalue weighted by molar-refractivity contribution is 7.99. The van der Waals surface area contributed by atoms with Crippen LogP contribution in [0.2, 0.25) is 0 Å². The van der Waals surface area contributed by atoms with Crippen molar-refractivity contribution >= 4 is 29.1 Å². The van der Waals surface area contributed by atoms with Crippen molar-refractivity contribution in [2.75, 3.05) is 18.6 Å². The van der Waals surface area contributed by atoms with Crippen LogP contribution in [-0.2, 0) is 6.54 Å². The molecule has 1 N–H and O–H groups in total. The number of rotatable bonds is 4. The van der Waals surface area contributed by atoms with E-state index in [0.717, 1.165) is 12.1 Å². The minimum Gasteiger partial charge on any atom is -0.477 e. The zero-order chi connectivity index (χ0) is 11.5. The molecule has 1 atom stereocenters. The molecule has 0 amide bonds. The Morgan fingerprint density at radius 1 is 1.69 bits per heavy atom. The summed E-state index contributed by atoms with van der Waals surface area (Å²) in [6.45, 7) is 0.746. The van der Waals surface area contributed by atoms with Crippen LogP contribution in [0, 0.1) is 0 Å². The zero-order valence-corrected chi connectivity index (χ0v) is 10.8. The molecule has 16 heavy (non-hydrogen) atoms. The monoisotopic (exact) mass is 257 g/mol.